The molecule has 1 amide bonds. The first-order valence-corrected chi connectivity index (χ1v) is 11.3. The Morgan fingerprint density at radius 3 is 2.58 bits per heavy atom. The first-order valence-electron chi connectivity index (χ1n) is 10.1. The van der Waals surface area contributed by atoms with Gasteiger partial charge in [0.1, 0.15) is 21.8 Å². The predicted octanol–water partition coefficient (Wildman–Crippen LogP) is 2.62. The number of aliphatic carboxylic acids is 1. The molecule has 0 aliphatic carbocycles. The van der Waals surface area contributed by atoms with Gasteiger partial charge in [-0.3, -0.25) is 23.9 Å². The van der Waals surface area contributed by atoms with Crippen LogP contribution in [0.15, 0.2) is 9.70 Å². The van der Waals surface area contributed by atoms with Crippen LogP contribution >= 0.6 is 24.0 Å². The van der Waals surface area contributed by atoms with Crippen molar-refractivity contribution in [3.8, 4) is 6.07 Å². The Labute approximate surface area is 190 Å². The van der Waals surface area contributed by atoms with Gasteiger partial charge in [0.2, 0.25) is 0 Å². The van der Waals surface area contributed by atoms with E-state index in [-0.39, 0.29) is 30.0 Å². The molecule has 3 heterocycles. The van der Waals surface area contributed by atoms with E-state index in [9.17, 15) is 19.6 Å². The highest BCUT2D eigenvalue weighted by Crippen LogP contribution is 2.36. The van der Waals surface area contributed by atoms with Crippen LogP contribution < -0.4 is 10.5 Å². The van der Waals surface area contributed by atoms with E-state index < -0.39 is 5.97 Å². The van der Waals surface area contributed by atoms with Crippen molar-refractivity contribution in [2.45, 2.75) is 39.0 Å². The molecule has 2 saturated heterocycles. The average Bonchev–Trinajstić information content (AvgIpc) is 3.00. The Hall–Kier alpha value is -2.64. The molecule has 2 aliphatic rings. The van der Waals surface area contributed by atoms with Gasteiger partial charge in [0.25, 0.3) is 11.5 Å². The Bertz CT molecular complexity index is 1060. The van der Waals surface area contributed by atoms with Crippen molar-refractivity contribution < 1.29 is 14.7 Å². The molecule has 0 atom stereocenters. The molecular formula is C21H24N4O4S2. The Morgan fingerprint density at radius 2 is 1.97 bits per heavy atom. The average molecular weight is 461 g/mol. The second kappa shape index (κ2) is 9.66. The molecule has 0 unspecified atom stereocenters. The maximum atomic E-state index is 13.0. The van der Waals surface area contributed by atoms with Crippen LogP contribution in [0.4, 0.5) is 5.82 Å². The Morgan fingerprint density at radius 1 is 1.29 bits per heavy atom. The second-order valence-electron chi connectivity index (χ2n) is 7.59. The van der Waals surface area contributed by atoms with E-state index in [0.717, 1.165) is 44.1 Å². The van der Waals surface area contributed by atoms with E-state index in [2.05, 4.69) is 4.90 Å². The fourth-order valence-electron chi connectivity index (χ4n) is 3.91. The van der Waals surface area contributed by atoms with Crippen molar-refractivity contribution in [1.29, 1.82) is 5.26 Å². The molecule has 0 spiro atoms. The molecule has 0 bridgehead atoms. The maximum Gasteiger partial charge on any atom is 0.303 e. The Balaban J connectivity index is 2.04. The number of thioether (sulfide) groups is 1. The summed E-state index contributed by atoms with van der Waals surface area (Å²) in [4.78, 5) is 40.4. The smallest absolute Gasteiger partial charge is 0.303 e. The summed E-state index contributed by atoms with van der Waals surface area (Å²) in [7, 11) is 1.65. The van der Waals surface area contributed by atoms with Crippen molar-refractivity contribution in [1.82, 2.24) is 9.47 Å². The number of nitrogens with zero attached hydrogens (tertiary/aromatic N) is 4. The molecule has 8 nitrogen and oxygen atoms in total. The summed E-state index contributed by atoms with van der Waals surface area (Å²) in [5.74, 6) is -0.494. The number of hydrogen-bond acceptors (Lipinski definition) is 7. The van der Waals surface area contributed by atoms with Crippen LogP contribution in [0.5, 0.6) is 0 Å². The van der Waals surface area contributed by atoms with Crippen LogP contribution in [0.3, 0.4) is 0 Å². The highest BCUT2D eigenvalue weighted by Gasteiger charge is 2.33. The van der Waals surface area contributed by atoms with Gasteiger partial charge in [0.05, 0.1) is 4.91 Å². The topological polar surface area (TPSA) is 107 Å². The second-order valence-corrected chi connectivity index (χ2v) is 9.27. The summed E-state index contributed by atoms with van der Waals surface area (Å²) < 4.78 is 1.88. The van der Waals surface area contributed by atoms with E-state index in [0.29, 0.717) is 32.6 Å². The maximum absolute atomic E-state index is 13.0. The number of hydrogen-bond donors (Lipinski definition) is 1. The number of rotatable bonds is 6. The van der Waals surface area contributed by atoms with Gasteiger partial charge >= 0.3 is 5.97 Å². The van der Waals surface area contributed by atoms with Crippen molar-refractivity contribution in [3.63, 3.8) is 0 Å². The van der Waals surface area contributed by atoms with Crippen LogP contribution in [-0.2, 0) is 16.6 Å². The molecule has 31 heavy (non-hydrogen) atoms. The zero-order valence-corrected chi connectivity index (χ0v) is 19.1. The number of carbonyl (C=O) groups excluding carboxylic acids is 1. The van der Waals surface area contributed by atoms with Crippen molar-refractivity contribution in [2.24, 2.45) is 7.05 Å². The summed E-state index contributed by atoms with van der Waals surface area (Å²) in [6, 6.07) is 2.00. The van der Waals surface area contributed by atoms with Crippen LogP contribution in [0, 0.1) is 18.3 Å². The number of amides is 1. The number of carboxylic acids is 1. The number of anilines is 1. The van der Waals surface area contributed by atoms with Gasteiger partial charge < -0.3 is 10.0 Å². The quantitative estimate of drug-likeness (QED) is 0.510. The van der Waals surface area contributed by atoms with Crippen LogP contribution in [0.2, 0.25) is 0 Å². The fraction of sp³-hybridized carbons (Fsp3) is 0.476. The molecule has 0 aromatic carbocycles. The summed E-state index contributed by atoms with van der Waals surface area (Å²) in [6.07, 6.45) is 5.14. The molecule has 2 fully saturated rings. The molecular weight excluding hydrogens is 436 g/mol. The lowest BCUT2D eigenvalue weighted by molar-refractivity contribution is -0.137. The van der Waals surface area contributed by atoms with Crippen molar-refractivity contribution >= 4 is 52.1 Å². The summed E-state index contributed by atoms with van der Waals surface area (Å²) >= 11 is 6.49. The number of carboxylic acid groups (broad SMARTS) is 1. The molecule has 164 valence electrons. The number of piperidine rings is 1. The molecule has 3 rings (SSSR count). The number of carbonyl (C=O) groups is 2. The van der Waals surface area contributed by atoms with Crippen LogP contribution in [-0.4, -0.2) is 50.4 Å². The van der Waals surface area contributed by atoms with E-state index >= 15 is 0 Å². The van der Waals surface area contributed by atoms with E-state index in [1.807, 2.05) is 6.07 Å². The minimum absolute atomic E-state index is 0.0410. The first kappa shape index (κ1) is 23.0. The lowest BCUT2D eigenvalue weighted by Gasteiger charge is -2.32. The van der Waals surface area contributed by atoms with E-state index in [4.69, 9.17) is 17.3 Å². The van der Waals surface area contributed by atoms with Crippen molar-refractivity contribution in [3.05, 3.63) is 31.9 Å². The SMILES string of the molecule is Cc1c(/C=C2/SC(=S)N(CCCC(=O)O)C2=O)c(N2CCCCC2)n(C)c(=O)c1C#N. The fourth-order valence-corrected chi connectivity index (χ4v) is 5.20. The molecule has 1 aromatic heterocycles. The largest absolute Gasteiger partial charge is 0.481 e. The Kier molecular flexibility index (Phi) is 7.18. The van der Waals surface area contributed by atoms with E-state index in [1.165, 1.54) is 9.47 Å². The molecule has 10 heteroatoms. The normalized spacial score (nSPS) is 18.0. The number of pyridine rings is 1. The number of nitriles is 1. The summed E-state index contributed by atoms with van der Waals surface area (Å²) in [5, 5.41) is 18.4. The van der Waals surface area contributed by atoms with Gasteiger partial charge in [0.15, 0.2) is 0 Å². The minimum Gasteiger partial charge on any atom is -0.481 e. The third-order valence-electron chi connectivity index (χ3n) is 5.54. The lowest BCUT2D eigenvalue weighted by Crippen LogP contribution is -2.36. The summed E-state index contributed by atoms with van der Waals surface area (Å²) in [6.45, 7) is 3.57. The molecule has 2 aliphatic heterocycles. The van der Waals surface area contributed by atoms with Crippen molar-refractivity contribution in [2.75, 3.05) is 24.5 Å². The highest BCUT2D eigenvalue weighted by molar-refractivity contribution is 8.26. The predicted molar refractivity (Wildman–Crippen MR) is 124 cm³/mol. The number of aromatic nitrogens is 1. The van der Waals surface area contributed by atoms with Gasteiger partial charge in [-0.2, -0.15) is 5.26 Å². The van der Waals surface area contributed by atoms with Gasteiger partial charge in [-0.05, 0) is 44.2 Å². The monoisotopic (exact) mass is 460 g/mol. The molecule has 1 aromatic rings. The number of thiocarbonyl (C=S) groups is 1. The van der Waals surface area contributed by atoms with Crippen LogP contribution in [0.25, 0.3) is 6.08 Å². The van der Waals surface area contributed by atoms with Crippen LogP contribution in [0.1, 0.15) is 48.8 Å². The highest BCUT2D eigenvalue weighted by atomic mass is 32.2. The molecule has 0 radical (unpaired) electrons. The first-order chi connectivity index (χ1) is 14.8. The minimum atomic E-state index is -0.919. The standard InChI is InChI=1S/C21H24N4O4S2/c1-13-14(11-16-20(29)25(21(30)31-16)10-6-7-17(26)27)18(24-8-4-3-5-9-24)23(2)19(28)15(13)12-22/h11H,3-10H2,1-2H3,(H,26,27)/b16-11+. The molecule has 1 N–H and O–H groups in total. The third kappa shape index (κ3) is 4.67. The van der Waals surface area contributed by atoms with Gasteiger partial charge in [-0.1, -0.05) is 24.0 Å². The van der Waals surface area contributed by atoms with Gasteiger partial charge in [0, 0.05) is 38.7 Å². The van der Waals surface area contributed by atoms with E-state index in [1.54, 1.807) is 20.0 Å². The van der Waals surface area contributed by atoms with Gasteiger partial charge in [-0.25, -0.2) is 0 Å². The lowest BCUT2D eigenvalue weighted by atomic mass is 10.0. The zero-order chi connectivity index (χ0) is 22.7. The third-order valence-corrected chi connectivity index (χ3v) is 6.92. The summed E-state index contributed by atoms with van der Waals surface area (Å²) in [5.41, 5.74) is 0.930. The molecule has 0 saturated carbocycles. The zero-order valence-electron chi connectivity index (χ0n) is 17.5. The van der Waals surface area contributed by atoms with Gasteiger partial charge in [-0.15, -0.1) is 0 Å².